The molecule has 3 aromatic rings. The van der Waals surface area contributed by atoms with Gasteiger partial charge in [0.05, 0.1) is 12.2 Å². The van der Waals surface area contributed by atoms with Gasteiger partial charge in [0.1, 0.15) is 11.3 Å². The van der Waals surface area contributed by atoms with Crippen molar-refractivity contribution in [3.63, 3.8) is 0 Å². The van der Waals surface area contributed by atoms with E-state index in [9.17, 15) is 9.90 Å². The van der Waals surface area contributed by atoms with Gasteiger partial charge in [-0.2, -0.15) is 0 Å². The molecular weight excluding hydrogens is 270 g/mol. The molecule has 0 spiro atoms. The number of rotatable bonds is 3. The number of fused-ring (bicyclic) bond motifs is 1. The Labute approximate surface area is 119 Å². The lowest BCUT2D eigenvalue weighted by atomic mass is 10.1. The summed E-state index contributed by atoms with van der Waals surface area (Å²) in [7, 11) is 0. The van der Waals surface area contributed by atoms with Gasteiger partial charge < -0.3 is 9.52 Å². The summed E-state index contributed by atoms with van der Waals surface area (Å²) in [6.45, 7) is 0.451. The van der Waals surface area contributed by atoms with Crippen LogP contribution < -0.4 is 5.63 Å². The molecule has 1 aliphatic carbocycles. The van der Waals surface area contributed by atoms with Crippen LogP contribution in [0, 0.1) is 0 Å². The lowest BCUT2D eigenvalue weighted by molar-refractivity contribution is 0.473. The Morgan fingerprint density at radius 2 is 2.19 bits per heavy atom. The molecule has 1 saturated carbocycles. The Morgan fingerprint density at radius 3 is 3.00 bits per heavy atom. The van der Waals surface area contributed by atoms with E-state index in [0.717, 1.165) is 16.6 Å². The van der Waals surface area contributed by atoms with Gasteiger partial charge in [-0.25, -0.2) is 9.48 Å². The van der Waals surface area contributed by atoms with E-state index in [4.69, 9.17) is 4.42 Å². The molecule has 0 atom stereocenters. The summed E-state index contributed by atoms with van der Waals surface area (Å²) < 4.78 is 6.84. The summed E-state index contributed by atoms with van der Waals surface area (Å²) in [6.07, 6.45) is 4.28. The largest absolute Gasteiger partial charge is 0.508 e. The molecule has 6 heteroatoms. The third kappa shape index (κ3) is 2.29. The van der Waals surface area contributed by atoms with Crippen LogP contribution in [0.5, 0.6) is 5.75 Å². The minimum atomic E-state index is -0.439. The maximum absolute atomic E-state index is 11.6. The molecule has 0 amide bonds. The average Bonchev–Trinajstić information content (AvgIpc) is 3.19. The monoisotopic (exact) mass is 283 g/mol. The van der Waals surface area contributed by atoms with E-state index in [1.165, 1.54) is 25.0 Å². The van der Waals surface area contributed by atoms with Crippen molar-refractivity contribution in [2.24, 2.45) is 0 Å². The van der Waals surface area contributed by atoms with Crippen molar-refractivity contribution >= 4 is 11.0 Å². The maximum atomic E-state index is 11.6. The van der Waals surface area contributed by atoms with E-state index in [1.54, 1.807) is 16.8 Å². The Morgan fingerprint density at radius 1 is 1.33 bits per heavy atom. The number of phenolic OH excluding ortho intramolecular Hbond substituents is 1. The van der Waals surface area contributed by atoms with Gasteiger partial charge in [0.2, 0.25) is 0 Å². The summed E-state index contributed by atoms with van der Waals surface area (Å²) in [6, 6.07) is 6.21. The van der Waals surface area contributed by atoms with Crippen molar-refractivity contribution in [3.05, 3.63) is 52.1 Å². The van der Waals surface area contributed by atoms with Crippen LogP contribution in [0.15, 0.2) is 39.7 Å². The van der Waals surface area contributed by atoms with Crippen molar-refractivity contribution in [2.75, 3.05) is 0 Å². The fraction of sp³-hybridized carbons (Fsp3) is 0.267. The van der Waals surface area contributed by atoms with Crippen molar-refractivity contribution in [1.29, 1.82) is 0 Å². The molecule has 1 aliphatic rings. The van der Waals surface area contributed by atoms with Crippen molar-refractivity contribution < 1.29 is 9.52 Å². The average molecular weight is 283 g/mol. The highest BCUT2D eigenvalue weighted by Crippen LogP contribution is 2.38. The lowest BCUT2D eigenvalue weighted by Gasteiger charge is -2.05. The molecule has 2 heterocycles. The highest BCUT2D eigenvalue weighted by molar-refractivity contribution is 5.81. The van der Waals surface area contributed by atoms with E-state index in [2.05, 4.69) is 10.3 Å². The van der Waals surface area contributed by atoms with Crippen molar-refractivity contribution in [3.8, 4) is 5.75 Å². The van der Waals surface area contributed by atoms with E-state index >= 15 is 0 Å². The van der Waals surface area contributed by atoms with Crippen LogP contribution in [-0.2, 0) is 6.54 Å². The number of benzene rings is 1. The molecule has 0 bridgehead atoms. The molecule has 0 unspecified atom stereocenters. The standard InChI is InChI=1S/C15H13N3O3/c19-11-3-4-12-10(5-15(20)21-14(12)6-11)7-18-8-13(16-17-18)9-1-2-9/h3-6,8-9,19H,1-2,7H2. The smallest absolute Gasteiger partial charge is 0.336 e. The molecule has 1 N–H and O–H groups in total. The Bertz CT molecular complexity index is 877. The van der Waals surface area contributed by atoms with Crippen LogP contribution in [0.25, 0.3) is 11.0 Å². The van der Waals surface area contributed by atoms with E-state index in [1.807, 2.05) is 6.20 Å². The second-order valence-electron chi connectivity index (χ2n) is 5.39. The molecule has 4 rings (SSSR count). The fourth-order valence-electron chi connectivity index (χ4n) is 2.48. The number of aromatic hydroxyl groups is 1. The third-order valence-corrected chi connectivity index (χ3v) is 3.70. The van der Waals surface area contributed by atoms with E-state index in [-0.39, 0.29) is 5.75 Å². The summed E-state index contributed by atoms with van der Waals surface area (Å²) in [4.78, 5) is 11.6. The van der Waals surface area contributed by atoms with Gasteiger partial charge in [-0.1, -0.05) is 5.21 Å². The Kier molecular flexibility index (Phi) is 2.57. The molecule has 1 aromatic carbocycles. The van der Waals surface area contributed by atoms with Gasteiger partial charge in [-0.3, -0.25) is 0 Å². The minimum Gasteiger partial charge on any atom is -0.508 e. The maximum Gasteiger partial charge on any atom is 0.336 e. The fourth-order valence-corrected chi connectivity index (χ4v) is 2.48. The Balaban J connectivity index is 1.76. The van der Waals surface area contributed by atoms with Gasteiger partial charge in [0, 0.05) is 29.6 Å². The third-order valence-electron chi connectivity index (χ3n) is 3.70. The number of phenols is 1. The van der Waals surface area contributed by atoms with Crippen LogP contribution in [0.3, 0.4) is 0 Å². The first-order valence-corrected chi connectivity index (χ1v) is 6.85. The predicted molar refractivity (Wildman–Crippen MR) is 75.2 cm³/mol. The molecular formula is C15H13N3O3. The zero-order chi connectivity index (χ0) is 14.4. The number of hydrogen-bond acceptors (Lipinski definition) is 5. The molecule has 0 saturated heterocycles. The van der Waals surface area contributed by atoms with Gasteiger partial charge in [0.15, 0.2) is 0 Å². The number of aromatic nitrogens is 3. The second kappa shape index (κ2) is 4.44. The topological polar surface area (TPSA) is 81.2 Å². The minimum absolute atomic E-state index is 0.0691. The van der Waals surface area contributed by atoms with Crippen LogP contribution in [-0.4, -0.2) is 20.1 Å². The van der Waals surface area contributed by atoms with Crippen LogP contribution >= 0.6 is 0 Å². The lowest BCUT2D eigenvalue weighted by Crippen LogP contribution is -2.06. The highest BCUT2D eigenvalue weighted by Gasteiger charge is 2.26. The molecule has 0 radical (unpaired) electrons. The number of hydrogen-bond donors (Lipinski definition) is 1. The first-order chi connectivity index (χ1) is 10.2. The van der Waals surface area contributed by atoms with Crippen molar-refractivity contribution in [2.45, 2.75) is 25.3 Å². The Hall–Kier alpha value is -2.63. The van der Waals surface area contributed by atoms with Gasteiger partial charge in [-0.15, -0.1) is 5.10 Å². The molecule has 1 fully saturated rings. The summed E-state index contributed by atoms with van der Waals surface area (Å²) in [5.74, 6) is 0.618. The molecule has 2 aromatic heterocycles. The highest BCUT2D eigenvalue weighted by atomic mass is 16.4. The van der Waals surface area contributed by atoms with Gasteiger partial charge in [-0.05, 0) is 30.5 Å². The SMILES string of the molecule is O=c1cc(Cn2cc(C3CC3)nn2)c2ccc(O)cc2o1. The predicted octanol–water partition coefficient (Wildman–Crippen LogP) is 2.02. The summed E-state index contributed by atoms with van der Waals surface area (Å²) in [5.41, 5.74) is 1.75. The quantitative estimate of drug-likeness (QED) is 0.744. The first-order valence-electron chi connectivity index (χ1n) is 6.85. The van der Waals surface area contributed by atoms with E-state index < -0.39 is 5.63 Å². The van der Waals surface area contributed by atoms with Crippen LogP contribution in [0.1, 0.15) is 30.0 Å². The summed E-state index contributed by atoms with van der Waals surface area (Å²) >= 11 is 0. The van der Waals surface area contributed by atoms with Gasteiger partial charge >= 0.3 is 5.63 Å². The van der Waals surface area contributed by atoms with Crippen LogP contribution in [0.2, 0.25) is 0 Å². The van der Waals surface area contributed by atoms with Crippen LogP contribution in [0.4, 0.5) is 0 Å². The summed E-state index contributed by atoms with van der Waals surface area (Å²) in [5, 5.41) is 18.5. The zero-order valence-electron chi connectivity index (χ0n) is 11.2. The molecule has 0 aliphatic heterocycles. The first kappa shape index (κ1) is 12.1. The molecule has 106 valence electrons. The molecule has 21 heavy (non-hydrogen) atoms. The zero-order valence-corrected chi connectivity index (χ0v) is 11.2. The van der Waals surface area contributed by atoms with Crippen molar-refractivity contribution in [1.82, 2.24) is 15.0 Å². The second-order valence-corrected chi connectivity index (χ2v) is 5.39. The normalized spacial score (nSPS) is 14.7. The number of nitrogens with zero attached hydrogens (tertiary/aromatic N) is 3. The van der Waals surface area contributed by atoms with E-state index in [0.29, 0.717) is 18.0 Å². The van der Waals surface area contributed by atoms with Gasteiger partial charge in [0.25, 0.3) is 0 Å². The molecule has 6 nitrogen and oxygen atoms in total.